The summed E-state index contributed by atoms with van der Waals surface area (Å²) in [5, 5.41) is 3.17. The molecule has 2 aromatic carbocycles. The van der Waals surface area contributed by atoms with Gasteiger partial charge in [0.25, 0.3) is 0 Å². The predicted octanol–water partition coefficient (Wildman–Crippen LogP) is 4.18. The first kappa shape index (κ1) is 10.1. The van der Waals surface area contributed by atoms with Crippen molar-refractivity contribution in [3.8, 4) is 0 Å². The molecule has 0 bridgehead atoms. The molecule has 0 saturated heterocycles. The molecular formula is C15H12O2. The van der Waals surface area contributed by atoms with Crippen molar-refractivity contribution < 1.29 is 9.21 Å². The lowest BCUT2D eigenvalue weighted by Crippen LogP contribution is -1.92. The van der Waals surface area contributed by atoms with Crippen molar-refractivity contribution in [2.45, 2.75) is 13.3 Å². The molecule has 0 aliphatic heterocycles. The van der Waals surface area contributed by atoms with Crippen LogP contribution in [0.1, 0.15) is 23.9 Å². The van der Waals surface area contributed by atoms with Crippen LogP contribution in [0.4, 0.5) is 0 Å². The summed E-state index contributed by atoms with van der Waals surface area (Å²) in [5.41, 5.74) is 0.805. The minimum Gasteiger partial charge on any atom is -0.452 e. The van der Waals surface area contributed by atoms with Gasteiger partial charge in [0.2, 0.25) is 0 Å². The number of furan rings is 1. The Hall–Kier alpha value is -2.09. The van der Waals surface area contributed by atoms with Gasteiger partial charge in [-0.05, 0) is 11.5 Å². The van der Waals surface area contributed by atoms with Crippen molar-refractivity contribution in [2.75, 3.05) is 0 Å². The smallest absolute Gasteiger partial charge is 0.197 e. The summed E-state index contributed by atoms with van der Waals surface area (Å²) < 4.78 is 5.68. The Morgan fingerprint density at radius 2 is 1.88 bits per heavy atom. The van der Waals surface area contributed by atoms with E-state index in [9.17, 15) is 4.79 Å². The number of carbonyl (C=O) groups excluding carboxylic acids is 1. The van der Waals surface area contributed by atoms with Gasteiger partial charge < -0.3 is 4.42 Å². The zero-order valence-corrected chi connectivity index (χ0v) is 9.57. The van der Waals surface area contributed by atoms with Gasteiger partial charge in [0, 0.05) is 17.2 Å². The lowest BCUT2D eigenvalue weighted by Gasteiger charge is -1.96. The van der Waals surface area contributed by atoms with Crippen LogP contribution in [0.3, 0.4) is 0 Å². The van der Waals surface area contributed by atoms with E-state index in [1.165, 1.54) is 0 Å². The Bertz CT molecular complexity index is 707. The quantitative estimate of drug-likeness (QED) is 0.611. The van der Waals surface area contributed by atoms with E-state index in [1.54, 1.807) is 0 Å². The highest BCUT2D eigenvalue weighted by molar-refractivity contribution is 6.07. The van der Waals surface area contributed by atoms with Gasteiger partial charge in [-0.3, -0.25) is 4.79 Å². The summed E-state index contributed by atoms with van der Waals surface area (Å²) in [5.74, 6) is 0.504. The number of benzene rings is 2. The van der Waals surface area contributed by atoms with Gasteiger partial charge in [0.1, 0.15) is 5.58 Å². The number of rotatable bonds is 2. The van der Waals surface area contributed by atoms with E-state index >= 15 is 0 Å². The summed E-state index contributed by atoms with van der Waals surface area (Å²) in [6.45, 7) is 1.84. The van der Waals surface area contributed by atoms with Crippen LogP contribution >= 0.6 is 0 Å². The molecule has 0 atom stereocenters. The van der Waals surface area contributed by atoms with Gasteiger partial charge in [-0.15, -0.1) is 0 Å². The fourth-order valence-electron chi connectivity index (χ4n) is 2.08. The molecule has 17 heavy (non-hydrogen) atoms. The van der Waals surface area contributed by atoms with Crippen molar-refractivity contribution in [3.63, 3.8) is 0 Å². The van der Waals surface area contributed by atoms with E-state index in [0.29, 0.717) is 12.2 Å². The zero-order valence-electron chi connectivity index (χ0n) is 9.57. The first-order valence-electron chi connectivity index (χ1n) is 5.74. The summed E-state index contributed by atoms with van der Waals surface area (Å²) in [7, 11) is 0. The normalized spacial score (nSPS) is 11.1. The molecule has 3 rings (SSSR count). The molecular weight excluding hydrogens is 212 g/mol. The van der Waals surface area contributed by atoms with E-state index < -0.39 is 0 Å². The van der Waals surface area contributed by atoms with Crippen LogP contribution in [-0.2, 0) is 0 Å². The third kappa shape index (κ3) is 1.53. The van der Waals surface area contributed by atoms with Gasteiger partial charge in [0.15, 0.2) is 11.5 Å². The van der Waals surface area contributed by atoms with E-state index in [0.717, 1.165) is 21.7 Å². The molecule has 0 saturated carbocycles. The van der Waals surface area contributed by atoms with Crippen LogP contribution in [0.2, 0.25) is 0 Å². The SMILES string of the molecule is CCC(=O)c1cc2ccc3ccccc3c2o1. The Morgan fingerprint density at radius 3 is 2.71 bits per heavy atom. The fourth-order valence-corrected chi connectivity index (χ4v) is 2.08. The van der Waals surface area contributed by atoms with E-state index in [-0.39, 0.29) is 5.78 Å². The third-order valence-corrected chi connectivity index (χ3v) is 3.00. The fraction of sp³-hybridized carbons (Fsp3) is 0.133. The second-order valence-corrected chi connectivity index (χ2v) is 4.09. The van der Waals surface area contributed by atoms with Crippen molar-refractivity contribution >= 4 is 27.5 Å². The lowest BCUT2D eigenvalue weighted by molar-refractivity contribution is 0.0963. The summed E-state index contributed by atoms with van der Waals surface area (Å²) in [6.07, 6.45) is 0.470. The Labute approximate surface area is 98.8 Å². The molecule has 2 nitrogen and oxygen atoms in total. The maximum Gasteiger partial charge on any atom is 0.197 e. The van der Waals surface area contributed by atoms with Gasteiger partial charge in [-0.2, -0.15) is 0 Å². The van der Waals surface area contributed by atoms with Gasteiger partial charge in [0.05, 0.1) is 0 Å². The number of carbonyl (C=O) groups is 1. The van der Waals surface area contributed by atoms with Crippen LogP contribution in [0.5, 0.6) is 0 Å². The highest BCUT2D eigenvalue weighted by Gasteiger charge is 2.11. The van der Waals surface area contributed by atoms with Gasteiger partial charge >= 0.3 is 0 Å². The Balaban J connectivity index is 2.35. The van der Waals surface area contributed by atoms with Gasteiger partial charge in [-0.25, -0.2) is 0 Å². The molecule has 0 radical (unpaired) electrons. The molecule has 0 amide bonds. The van der Waals surface area contributed by atoms with Crippen molar-refractivity contribution in [3.05, 3.63) is 48.2 Å². The number of fused-ring (bicyclic) bond motifs is 3. The van der Waals surface area contributed by atoms with Crippen LogP contribution < -0.4 is 0 Å². The van der Waals surface area contributed by atoms with Crippen molar-refractivity contribution in [2.24, 2.45) is 0 Å². The van der Waals surface area contributed by atoms with Crippen LogP contribution in [0, 0.1) is 0 Å². The van der Waals surface area contributed by atoms with Crippen molar-refractivity contribution in [1.29, 1.82) is 0 Å². The first-order valence-corrected chi connectivity index (χ1v) is 5.74. The summed E-state index contributed by atoms with van der Waals surface area (Å²) in [4.78, 5) is 11.6. The summed E-state index contributed by atoms with van der Waals surface area (Å²) >= 11 is 0. The molecule has 3 aromatic rings. The van der Waals surface area contributed by atoms with Crippen LogP contribution in [0.25, 0.3) is 21.7 Å². The monoisotopic (exact) mass is 224 g/mol. The molecule has 84 valence electrons. The van der Waals surface area contributed by atoms with E-state index in [1.807, 2.05) is 49.4 Å². The molecule has 0 fully saturated rings. The average Bonchev–Trinajstić information content (AvgIpc) is 2.82. The second kappa shape index (κ2) is 3.74. The van der Waals surface area contributed by atoms with Crippen LogP contribution in [0.15, 0.2) is 46.9 Å². The molecule has 1 aromatic heterocycles. The number of hydrogen-bond donors (Lipinski definition) is 0. The highest BCUT2D eigenvalue weighted by Crippen LogP contribution is 2.28. The van der Waals surface area contributed by atoms with Crippen LogP contribution in [-0.4, -0.2) is 5.78 Å². The maximum atomic E-state index is 11.6. The molecule has 0 aliphatic carbocycles. The molecule has 2 heteroatoms. The predicted molar refractivity (Wildman–Crippen MR) is 68.3 cm³/mol. The second-order valence-electron chi connectivity index (χ2n) is 4.09. The Kier molecular flexibility index (Phi) is 2.22. The Morgan fingerprint density at radius 1 is 1.12 bits per heavy atom. The third-order valence-electron chi connectivity index (χ3n) is 3.00. The highest BCUT2D eigenvalue weighted by atomic mass is 16.3. The molecule has 1 heterocycles. The maximum absolute atomic E-state index is 11.6. The van der Waals surface area contributed by atoms with E-state index in [4.69, 9.17) is 4.42 Å². The number of hydrogen-bond acceptors (Lipinski definition) is 2. The van der Waals surface area contributed by atoms with Crippen molar-refractivity contribution in [1.82, 2.24) is 0 Å². The number of Topliss-reactive ketones (excluding diaryl/α,β-unsaturated/α-hetero) is 1. The molecule has 0 unspecified atom stereocenters. The first-order chi connectivity index (χ1) is 8.29. The minimum atomic E-state index is 0.0466. The zero-order chi connectivity index (χ0) is 11.8. The summed E-state index contributed by atoms with van der Waals surface area (Å²) in [6, 6.07) is 13.9. The molecule has 0 N–H and O–H groups in total. The standard InChI is InChI=1S/C15H12O2/c1-2-13(16)14-9-11-8-7-10-5-3-4-6-12(10)15(11)17-14/h3-9H,2H2,1H3. The average molecular weight is 224 g/mol. The molecule has 0 spiro atoms. The van der Waals surface area contributed by atoms with Gasteiger partial charge in [-0.1, -0.05) is 43.3 Å². The largest absolute Gasteiger partial charge is 0.452 e. The minimum absolute atomic E-state index is 0.0466. The number of ketones is 1. The molecule has 0 aliphatic rings. The topological polar surface area (TPSA) is 30.2 Å². The lowest BCUT2D eigenvalue weighted by atomic mass is 10.1. The van der Waals surface area contributed by atoms with E-state index in [2.05, 4.69) is 0 Å².